The van der Waals surface area contributed by atoms with Crippen molar-refractivity contribution in [2.24, 2.45) is 4.99 Å². The third-order valence-electron chi connectivity index (χ3n) is 5.18. The normalized spacial score (nSPS) is 18.5. The zero-order valence-electron chi connectivity index (χ0n) is 16.8. The van der Waals surface area contributed by atoms with Gasteiger partial charge in [-0.25, -0.2) is 4.39 Å². The number of hydrogen-bond donors (Lipinski definition) is 2. The molecule has 2 N–H and O–H groups in total. The molecule has 0 bridgehead atoms. The van der Waals surface area contributed by atoms with Crippen molar-refractivity contribution >= 4 is 37.6 Å². The van der Waals surface area contributed by atoms with Crippen molar-refractivity contribution < 1.29 is 14.2 Å². The highest BCUT2D eigenvalue weighted by molar-refractivity contribution is 9.10. The average molecular weight is 548 g/mol. The van der Waals surface area contributed by atoms with E-state index in [4.69, 9.17) is 9.73 Å². The summed E-state index contributed by atoms with van der Waals surface area (Å²) in [5, 5.41) is 14.3. The first-order valence-electron chi connectivity index (χ1n) is 9.94. The maximum atomic E-state index is 13.8. The van der Waals surface area contributed by atoms with Crippen molar-refractivity contribution in [2.75, 3.05) is 6.61 Å². The van der Waals surface area contributed by atoms with E-state index in [-0.39, 0.29) is 17.6 Å². The van der Waals surface area contributed by atoms with Crippen LogP contribution in [0.25, 0.3) is 0 Å². The number of nitrogens with zero attached hydrogens (tertiary/aromatic N) is 1. The molecule has 3 aromatic rings. The quantitative estimate of drug-likeness (QED) is 0.374. The van der Waals surface area contributed by atoms with Crippen LogP contribution in [0.3, 0.4) is 0 Å². The zero-order chi connectivity index (χ0) is 22.0. The van der Waals surface area contributed by atoms with Crippen molar-refractivity contribution in [1.29, 1.82) is 0 Å². The molecule has 31 heavy (non-hydrogen) atoms. The number of nitrogens with one attached hydrogen (secondary N) is 1. The van der Waals surface area contributed by atoms with Crippen LogP contribution in [0, 0.1) is 5.82 Å². The van der Waals surface area contributed by atoms with Crippen LogP contribution in [0.4, 0.5) is 4.39 Å². The Morgan fingerprint density at radius 2 is 1.90 bits per heavy atom. The van der Waals surface area contributed by atoms with Gasteiger partial charge in [-0.15, -0.1) is 0 Å². The van der Waals surface area contributed by atoms with Gasteiger partial charge in [-0.05, 0) is 64.3 Å². The van der Waals surface area contributed by atoms with Crippen LogP contribution in [-0.4, -0.2) is 17.4 Å². The predicted molar refractivity (Wildman–Crippen MR) is 127 cm³/mol. The lowest BCUT2D eigenvalue weighted by atomic mass is 9.93. The minimum absolute atomic E-state index is 0.123. The van der Waals surface area contributed by atoms with Crippen LogP contribution >= 0.6 is 31.9 Å². The third-order valence-corrected chi connectivity index (χ3v) is 6.32. The summed E-state index contributed by atoms with van der Waals surface area (Å²) in [5.41, 5.74) is 3.47. The molecule has 0 radical (unpaired) electrons. The minimum atomic E-state index is -0.399. The molecule has 2 atom stereocenters. The van der Waals surface area contributed by atoms with E-state index in [1.54, 1.807) is 18.2 Å². The molecule has 7 heteroatoms. The Bertz CT molecular complexity index is 1120. The van der Waals surface area contributed by atoms with Gasteiger partial charge in [-0.3, -0.25) is 10.3 Å². The summed E-state index contributed by atoms with van der Waals surface area (Å²) in [6, 6.07) is 18.2. The summed E-state index contributed by atoms with van der Waals surface area (Å²) in [5.74, 6) is 0.254. The molecule has 4 rings (SSSR count). The number of benzene rings is 3. The molecule has 0 unspecified atom stereocenters. The van der Waals surface area contributed by atoms with E-state index in [2.05, 4.69) is 37.2 Å². The Balaban J connectivity index is 1.76. The van der Waals surface area contributed by atoms with Crippen LogP contribution in [0.1, 0.15) is 42.2 Å². The number of aromatic hydroxyl groups is 1. The first-order chi connectivity index (χ1) is 15.0. The smallest absolute Gasteiger partial charge is 0.162 e. The summed E-state index contributed by atoms with van der Waals surface area (Å²) in [6.45, 7) is 2.35. The monoisotopic (exact) mass is 546 g/mol. The van der Waals surface area contributed by atoms with E-state index in [0.717, 1.165) is 26.9 Å². The largest absolute Gasteiger partial charge is 0.504 e. The molecule has 0 fully saturated rings. The molecule has 0 aliphatic carbocycles. The SMILES string of the molecule is CCOc1cccc([C@H]2CC(c3ccc(Br)cc3)=N[C@H](c3ccc(F)c(Br)c3)N2)c1O. The van der Waals surface area contributed by atoms with Gasteiger partial charge < -0.3 is 9.84 Å². The molecule has 0 amide bonds. The van der Waals surface area contributed by atoms with Crippen molar-refractivity contribution in [3.8, 4) is 11.5 Å². The number of rotatable bonds is 5. The molecule has 1 aliphatic heterocycles. The number of ether oxygens (including phenoxy) is 1. The Morgan fingerprint density at radius 3 is 2.61 bits per heavy atom. The van der Waals surface area contributed by atoms with Crippen molar-refractivity contribution in [3.05, 3.63) is 92.1 Å². The maximum absolute atomic E-state index is 13.8. The fourth-order valence-corrected chi connectivity index (χ4v) is 4.33. The number of phenolic OH excluding ortho intramolecular Hbond substituents is 1. The van der Waals surface area contributed by atoms with Crippen LogP contribution in [-0.2, 0) is 0 Å². The lowest BCUT2D eigenvalue weighted by Gasteiger charge is -2.31. The van der Waals surface area contributed by atoms with Gasteiger partial charge in [0.1, 0.15) is 12.0 Å². The summed E-state index contributed by atoms with van der Waals surface area (Å²) in [7, 11) is 0. The lowest BCUT2D eigenvalue weighted by molar-refractivity contribution is 0.313. The molecule has 4 nitrogen and oxygen atoms in total. The predicted octanol–water partition coefficient (Wildman–Crippen LogP) is 6.68. The summed E-state index contributed by atoms with van der Waals surface area (Å²) in [6.07, 6.45) is 0.188. The molecule has 0 spiro atoms. The Labute approximate surface area is 197 Å². The maximum Gasteiger partial charge on any atom is 0.162 e. The molecule has 0 saturated carbocycles. The molecule has 0 aromatic heterocycles. The summed E-state index contributed by atoms with van der Waals surface area (Å²) >= 11 is 6.74. The van der Waals surface area contributed by atoms with E-state index in [0.29, 0.717) is 23.2 Å². The van der Waals surface area contributed by atoms with Gasteiger partial charge in [0, 0.05) is 28.2 Å². The van der Waals surface area contributed by atoms with Crippen LogP contribution in [0.15, 0.2) is 74.6 Å². The van der Waals surface area contributed by atoms with Gasteiger partial charge >= 0.3 is 0 Å². The Kier molecular flexibility index (Phi) is 6.74. The highest BCUT2D eigenvalue weighted by atomic mass is 79.9. The van der Waals surface area contributed by atoms with Gasteiger partial charge in [0.2, 0.25) is 0 Å². The standard InChI is InChI=1S/C24H21Br2FN2O2/c1-2-31-22-5-3-4-17(23(22)30)21-13-20(14-6-9-16(25)10-7-14)28-24(29-21)15-8-11-19(27)18(26)12-15/h3-12,21,24,29-30H,2,13H2,1H3/t21-,24+/m1/s1. The number of aliphatic imine (C=N–C) groups is 1. The second-order valence-electron chi connectivity index (χ2n) is 7.21. The fraction of sp³-hybridized carbons (Fsp3) is 0.208. The molecular formula is C24H21Br2FN2O2. The van der Waals surface area contributed by atoms with Crippen LogP contribution in [0.2, 0.25) is 0 Å². The molecule has 3 aromatic carbocycles. The first kappa shape index (κ1) is 22.0. The van der Waals surface area contributed by atoms with Gasteiger partial charge in [-0.1, -0.05) is 46.3 Å². The van der Waals surface area contributed by atoms with E-state index < -0.39 is 6.17 Å². The number of halogens is 3. The fourth-order valence-electron chi connectivity index (χ4n) is 3.67. The number of phenols is 1. The zero-order valence-corrected chi connectivity index (χ0v) is 20.0. The highest BCUT2D eigenvalue weighted by Gasteiger charge is 2.29. The van der Waals surface area contributed by atoms with Gasteiger partial charge in [0.05, 0.1) is 11.1 Å². The van der Waals surface area contributed by atoms with E-state index >= 15 is 0 Å². The van der Waals surface area contributed by atoms with Gasteiger partial charge in [0.25, 0.3) is 0 Å². The molecule has 1 aliphatic rings. The molecule has 160 valence electrons. The lowest BCUT2D eigenvalue weighted by Crippen LogP contribution is -2.33. The highest BCUT2D eigenvalue weighted by Crippen LogP contribution is 2.39. The number of para-hydroxylation sites is 1. The Hall–Kier alpha value is -2.22. The number of hydrogen-bond acceptors (Lipinski definition) is 4. The molecule has 0 saturated heterocycles. The van der Waals surface area contributed by atoms with E-state index in [1.807, 2.05) is 43.3 Å². The van der Waals surface area contributed by atoms with Crippen LogP contribution in [0.5, 0.6) is 11.5 Å². The topological polar surface area (TPSA) is 53.8 Å². The second-order valence-corrected chi connectivity index (χ2v) is 8.98. The Morgan fingerprint density at radius 1 is 1.13 bits per heavy atom. The van der Waals surface area contributed by atoms with Crippen molar-refractivity contribution in [2.45, 2.75) is 25.6 Å². The van der Waals surface area contributed by atoms with Gasteiger partial charge in [-0.2, -0.15) is 0 Å². The van der Waals surface area contributed by atoms with E-state index in [1.165, 1.54) is 6.07 Å². The third kappa shape index (κ3) is 4.84. The van der Waals surface area contributed by atoms with Gasteiger partial charge in [0.15, 0.2) is 11.5 Å². The second kappa shape index (κ2) is 9.51. The van der Waals surface area contributed by atoms with E-state index in [9.17, 15) is 9.50 Å². The summed E-state index contributed by atoms with van der Waals surface area (Å²) in [4.78, 5) is 4.92. The first-order valence-corrected chi connectivity index (χ1v) is 11.5. The molecule has 1 heterocycles. The van der Waals surface area contributed by atoms with Crippen molar-refractivity contribution in [1.82, 2.24) is 5.32 Å². The van der Waals surface area contributed by atoms with Crippen LogP contribution < -0.4 is 10.1 Å². The summed E-state index contributed by atoms with van der Waals surface area (Å²) < 4.78 is 20.7. The average Bonchev–Trinajstić information content (AvgIpc) is 2.77. The van der Waals surface area contributed by atoms with Crippen molar-refractivity contribution in [3.63, 3.8) is 0 Å². The minimum Gasteiger partial charge on any atom is -0.504 e. The molecular weight excluding hydrogens is 527 g/mol.